The van der Waals surface area contributed by atoms with Crippen molar-refractivity contribution in [3.05, 3.63) is 187 Å². The van der Waals surface area contributed by atoms with Gasteiger partial charge < -0.3 is 9.73 Å². The van der Waals surface area contributed by atoms with Gasteiger partial charge in [0, 0.05) is 32.9 Å². The number of aliphatic imine (C=N–C) groups is 1. The van der Waals surface area contributed by atoms with Crippen LogP contribution in [0.3, 0.4) is 0 Å². The quantitative estimate of drug-likeness (QED) is 0.211. The molecule has 0 bridgehead atoms. The van der Waals surface area contributed by atoms with Crippen molar-refractivity contribution in [3.8, 4) is 22.3 Å². The number of hydrogen-bond acceptors (Lipinski definition) is 3. The number of nitrogens with one attached hydrogen (secondary N) is 1. The molecule has 0 amide bonds. The van der Waals surface area contributed by atoms with Gasteiger partial charge in [0.15, 0.2) is 0 Å². The standard InChI is InChI=1S/C46H30N2O/c1-2-11-32(12-3-1)44-39-16-8-9-17-42(39)47-46(48-44)35-24-25-37-41-28-40(36-14-6-7-15-38(36)45(41)49-43(37)27-35)31-21-18-30(19-22-31)34-23-20-29-10-4-5-13-33(29)26-34/h1-28,42H,(H,47,48). The smallest absolute Gasteiger partial charge is 0.143 e. The molecule has 2 heterocycles. The molecule has 49 heavy (non-hydrogen) atoms. The highest BCUT2D eigenvalue weighted by atomic mass is 16.3. The highest BCUT2D eigenvalue weighted by molar-refractivity contribution is 6.20. The predicted molar refractivity (Wildman–Crippen MR) is 205 cm³/mol. The zero-order chi connectivity index (χ0) is 32.3. The SMILES string of the molecule is C1=CC2=C(c3ccccc3)N=C(c3ccc4c(c3)oc3c5ccccc5c(-c5ccc(-c6ccc7ccccc7c6)cc5)cc43)NC2C=C1. The Morgan fingerprint density at radius 1 is 0.510 bits per heavy atom. The van der Waals surface area contributed by atoms with Crippen LogP contribution in [0.25, 0.3) is 71.4 Å². The lowest BCUT2D eigenvalue weighted by Gasteiger charge is -2.28. The first kappa shape index (κ1) is 27.6. The first-order valence-corrected chi connectivity index (χ1v) is 16.7. The maximum atomic E-state index is 6.70. The highest BCUT2D eigenvalue weighted by Gasteiger charge is 2.25. The van der Waals surface area contributed by atoms with Gasteiger partial charge in [-0.2, -0.15) is 0 Å². The van der Waals surface area contributed by atoms with E-state index in [0.29, 0.717) is 0 Å². The van der Waals surface area contributed by atoms with Crippen LogP contribution in [0, 0.1) is 0 Å². The third-order valence-electron chi connectivity index (χ3n) is 9.89. The van der Waals surface area contributed by atoms with E-state index >= 15 is 0 Å². The summed E-state index contributed by atoms with van der Waals surface area (Å²) in [4.78, 5) is 5.17. The summed E-state index contributed by atoms with van der Waals surface area (Å²) >= 11 is 0. The Hall–Kier alpha value is -6.45. The number of rotatable bonds is 4. The van der Waals surface area contributed by atoms with Crippen molar-refractivity contribution < 1.29 is 4.42 Å². The molecule has 8 aromatic rings. The molecular weight excluding hydrogens is 597 g/mol. The monoisotopic (exact) mass is 626 g/mol. The summed E-state index contributed by atoms with van der Waals surface area (Å²) in [5.41, 5.74) is 10.8. The average Bonchev–Trinajstić information content (AvgIpc) is 3.55. The molecule has 0 spiro atoms. The summed E-state index contributed by atoms with van der Waals surface area (Å²) in [5.74, 6) is 0.840. The summed E-state index contributed by atoms with van der Waals surface area (Å²) < 4.78 is 6.70. The van der Waals surface area contributed by atoms with Gasteiger partial charge >= 0.3 is 0 Å². The number of fused-ring (bicyclic) bond motifs is 7. The molecule has 7 aromatic carbocycles. The molecule has 1 atom stereocenters. The van der Waals surface area contributed by atoms with Gasteiger partial charge in [-0.15, -0.1) is 0 Å². The van der Waals surface area contributed by atoms with Crippen LogP contribution < -0.4 is 5.32 Å². The van der Waals surface area contributed by atoms with Crippen molar-refractivity contribution >= 4 is 55.0 Å². The number of allylic oxidation sites excluding steroid dienone is 2. The van der Waals surface area contributed by atoms with E-state index in [1.807, 2.05) is 6.07 Å². The van der Waals surface area contributed by atoms with E-state index in [-0.39, 0.29) is 6.04 Å². The van der Waals surface area contributed by atoms with Gasteiger partial charge in [0.25, 0.3) is 0 Å². The van der Waals surface area contributed by atoms with Crippen molar-refractivity contribution in [2.75, 3.05) is 0 Å². The van der Waals surface area contributed by atoms with Crippen molar-refractivity contribution in [2.45, 2.75) is 6.04 Å². The maximum Gasteiger partial charge on any atom is 0.143 e. The fourth-order valence-electron chi connectivity index (χ4n) is 7.42. The molecule has 1 aliphatic carbocycles. The lowest BCUT2D eigenvalue weighted by atomic mass is 9.93. The topological polar surface area (TPSA) is 37.5 Å². The van der Waals surface area contributed by atoms with Crippen LogP contribution in [-0.4, -0.2) is 11.9 Å². The summed E-state index contributed by atoms with van der Waals surface area (Å²) in [6, 6.07) is 52.0. The Bertz CT molecular complexity index is 2730. The second-order valence-electron chi connectivity index (χ2n) is 12.8. The van der Waals surface area contributed by atoms with Crippen molar-refractivity contribution in [2.24, 2.45) is 4.99 Å². The lowest BCUT2D eigenvalue weighted by Crippen LogP contribution is -2.39. The van der Waals surface area contributed by atoms with E-state index in [0.717, 1.165) is 50.0 Å². The van der Waals surface area contributed by atoms with Crippen LogP contribution >= 0.6 is 0 Å². The largest absolute Gasteiger partial charge is 0.455 e. The average molecular weight is 627 g/mol. The van der Waals surface area contributed by atoms with E-state index in [2.05, 4.69) is 169 Å². The summed E-state index contributed by atoms with van der Waals surface area (Å²) in [6.45, 7) is 0. The third-order valence-corrected chi connectivity index (χ3v) is 9.89. The predicted octanol–water partition coefficient (Wildman–Crippen LogP) is 11.5. The first-order valence-electron chi connectivity index (χ1n) is 16.7. The molecule has 1 aliphatic heterocycles. The molecule has 1 N–H and O–H groups in total. The summed E-state index contributed by atoms with van der Waals surface area (Å²) in [6.07, 6.45) is 8.52. The molecule has 3 heteroatoms. The van der Waals surface area contributed by atoms with E-state index in [9.17, 15) is 0 Å². The number of benzene rings is 7. The van der Waals surface area contributed by atoms with Crippen molar-refractivity contribution in [3.63, 3.8) is 0 Å². The van der Waals surface area contributed by atoms with Crippen LogP contribution in [0.2, 0.25) is 0 Å². The Kier molecular flexibility index (Phi) is 6.25. The van der Waals surface area contributed by atoms with Gasteiger partial charge in [0.05, 0.1) is 11.7 Å². The van der Waals surface area contributed by atoms with E-state index in [1.165, 1.54) is 44.0 Å². The molecule has 0 fully saturated rings. The Morgan fingerprint density at radius 3 is 2.12 bits per heavy atom. The van der Waals surface area contributed by atoms with Gasteiger partial charge in [-0.3, -0.25) is 0 Å². The van der Waals surface area contributed by atoms with Crippen molar-refractivity contribution in [1.82, 2.24) is 5.32 Å². The van der Waals surface area contributed by atoms with Gasteiger partial charge in [-0.1, -0.05) is 146 Å². The van der Waals surface area contributed by atoms with Crippen molar-refractivity contribution in [1.29, 1.82) is 0 Å². The molecule has 3 nitrogen and oxygen atoms in total. The Labute approximate surface area is 283 Å². The molecule has 0 saturated carbocycles. The Morgan fingerprint density at radius 2 is 1.24 bits per heavy atom. The highest BCUT2D eigenvalue weighted by Crippen LogP contribution is 2.41. The molecule has 230 valence electrons. The van der Waals surface area contributed by atoms with Crippen LogP contribution in [0.4, 0.5) is 0 Å². The minimum Gasteiger partial charge on any atom is -0.455 e. The van der Waals surface area contributed by atoms with Gasteiger partial charge in [-0.05, 0) is 62.7 Å². The van der Waals surface area contributed by atoms with E-state index in [1.54, 1.807) is 0 Å². The fourth-order valence-corrected chi connectivity index (χ4v) is 7.42. The third kappa shape index (κ3) is 4.62. The second-order valence-corrected chi connectivity index (χ2v) is 12.8. The number of nitrogens with zero attached hydrogens (tertiary/aromatic N) is 1. The lowest BCUT2D eigenvalue weighted by molar-refractivity contribution is 0.672. The van der Waals surface area contributed by atoms with Gasteiger partial charge in [0.1, 0.15) is 17.0 Å². The molecule has 2 aliphatic rings. The van der Waals surface area contributed by atoms with E-state index < -0.39 is 0 Å². The minimum atomic E-state index is 0.0539. The molecule has 0 saturated heterocycles. The Balaban J connectivity index is 1.07. The number of amidine groups is 1. The van der Waals surface area contributed by atoms with Gasteiger partial charge in [0.2, 0.25) is 0 Å². The first-order chi connectivity index (χ1) is 24.3. The number of hydrogen-bond donors (Lipinski definition) is 1. The normalized spacial score (nSPS) is 15.6. The zero-order valence-corrected chi connectivity index (χ0v) is 26.6. The summed E-state index contributed by atoms with van der Waals surface area (Å²) in [7, 11) is 0. The van der Waals surface area contributed by atoms with Crippen LogP contribution in [0.15, 0.2) is 185 Å². The molecule has 1 aromatic heterocycles. The van der Waals surface area contributed by atoms with Crippen LogP contribution in [0.1, 0.15) is 11.1 Å². The molecular formula is C46H30N2O. The zero-order valence-electron chi connectivity index (χ0n) is 26.6. The van der Waals surface area contributed by atoms with Gasteiger partial charge in [-0.25, -0.2) is 4.99 Å². The van der Waals surface area contributed by atoms with Crippen LogP contribution in [-0.2, 0) is 0 Å². The summed E-state index contributed by atoms with van der Waals surface area (Å²) in [5, 5.41) is 10.7. The fraction of sp³-hybridized carbons (Fsp3) is 0.0217. The van der Waals surface area contributed by atoms with E-state index in [4.69, 9.17) is 9.41 Å². The minimum absolute atomic E-state index is 0.0539. The second kappa shape index (κ2) is 11.1. The number of furan rings is 1. The molecule has 1 unspecified atom stereocenters. The molecule has 10 rings (SSSR count). The maximum absolute atomic E-state index is 6.70. The molecule has 0 radical (unpaired) electrons. The van der Waals surface area contributed by atoms with Crippen LogP contribution in [0.5, 0.6) is 0 Å².